The summed E-state index contributed by atoms with van der Waals surface area (Å²) in [6.45, 7) is 8.84. The highest BCUT2D eigenvalue weighted by atomic mass is 16.2. The van der Waals surface area contributed by atoms with Gasteiger partial charge in [0.05, 0.1) is 0 Å². The molecule has 3 aliphatic rings. The van der Waals surface area contributed by atoms with Crippen molar-refractivity contribution in [3.05, 3.63) is 35.4 Å². The normalized spacial score (nSPS) is 24.1. The van der Waals surface area contributed by atoms with Crippen molar-refractivity contribution in [3.63, 3.8) is 0 Å². The molecule has 0 radical (unpaired) electrons. The van der Waals surface area contributed by atoms with E-state index in [4.69, 9.17) is 0 Å². The van der Waals surface area contributed by atoms with Crippen molar-refractivity contribution in [1.29, 1.82) is 0 Å². The van der Waals surface area contributed by atoms with Crippen LogP contribution in [0.25, 0.3) is 0 Å². The summed E-state index contributed by atoms with van der Waals surface area (Å²) in [6, 6.07) is 8.76. The van der Waals surface area contributed by atoms with Gasteiger partial charge in [0.2, 0.25) is 0 Å². The maximum atomic E-state index is 13.6. The van der Waals surface area contributed by atoms with Gasteiger partial charge in [0.15, 0.2) is 0 Å². The second-order valence-electron chi connectivity index (χ2n) is 8.36. The Bertz CT molecular complexity index is 714. The maximum absolute atomic E-state index is 13.6. The molecule has 2 heterocycles. The summed E-state index contributed by atoms with van der Waals surface area (Å²) >= 11 is 0. The number of urea groups is 1. The number of fused-ring (bicyclic) bond motifs is 1. The highest BCUT2D eigenvalue weighted by Gasteiger charge is 2.59. The van der Waals surface area contributed by atoms with Crippen molar-refractivity contribution < 1.29 is 9.59 Å². The molecule has 0 unspecified atom stereocenters. The van der Waals surface area contributed by atoms with E-state index in [0.717, 1.165) is 45.2 Å². The van der Waals surface area contributed by atoms with Gasteiger partial charge in [0, 0.05) is 31.7 Å². The van der Waals surface area contributed by atoms with E-state index in [1.807, 2.05) is 24.0 Å². The van der Waals surface area contributed by atoms with Crippen LogP contribution in [0.1, 0.15) is 51.2 Å². The number of nitrogens with zero attached hydrogens (tertiary/aromatic N) is 3. The van der Waals surface area contributed by atoms with Crippen LogP contribution in [0, 0.1) is 0 Å². The van der Waals surface area contributed by atoms with Crippen LogP contribution < -0.4 is 0 Å². The van der Waals surface area contributed by atoms with Crippen LogP contribution in [0.5, 0.6) is 0 Å². The van der Waals surface area contributed by atoms with Gasteiger partial charge < -0.3 is 9.80 Å². The van der Waals surface area contributed by atoms with E-state index in [1.165, 1.54) is 11.1 Å². The molecule has 5 heteroatoms. The lowest BCUT2D eigenvalue weighted by Gasteiger charge is -2.43. The lowest BCUT2D eigenvalue weighted by molar-refractivity contribution is -0.137. The molecule has 0 saturated carbocycles. The van der Waals surface area contributed by atoms with Crippen LogP contribution in [0.4, 0.5) is 4.79 Å². The lowest BCUT2D eigenvalue weighted by Crippen LogP contribution is -2.57. The number of rotatable bonds is 4. The van der Waals surface area contributed by atoms with Gasteiger partial charge in [-0.25, -0.2) is 4.79 Å². The van der Waals surface area contributed by atoms with Crippen molar-refractivity contribution >= 4 is 11.9 Å². The number of carbonyl (C=O) groups excluding carboxylic acids is 2. The molecular weight excluding hydrogens is 338 g/mol. The summed E-state index contributed by atoms with van der Waals surface area (Å²) in [7, 11) is 0. The number of amides is 3. The van der Waals surface area contributed by atoms with E-state index in [0.29, 0.717) is 12.6 Å². The standard InChI is InChI=1S/C22H31N3O2/c1-4-16(3)23-12-10-22(11-13-23)20(26)25(21(27)24(22)5-2)19-14-17-8-6-7-9-18(17)15-19/h6-9,16,19H,4-5,10-15H2,1-3H3/t16-/m0/s1. The SMILES string of the molecule is CC[C@H](C)N1CCC2(CC1)C(=O)N(C1Cc3ccccc3C1)C(=O)N2CC. The zero-order valence-corrected chi connectivity index (χ0v) is 16.8. The Balaban J connectivity index is 1.57. The predicted molar refractivity (Wildman–Crippen MR) is 106 cm³/mol. The van der Waals surface area contributed by atoms with Gasteiger partial charge in [0.25, 0.3) is 5.91 Å². The molecule has 0 N–H and O–H groups in total. The molecule has 3 amide bonds. The molecule has 1 aromatic carbocycles. The zero-order valence-electron chi connectivity index (χ0n) is 16.8. The first-order valence-corrected chi connectivity index (χ1v) is 10.5. The Morgan fingerprint density at radius 2 is 1.67 bits per heavy atom. The second kappa shape index (κ2) is 6.93. The van der Waals surface area contributed by atoms with Gasteiger partial charge in [-0.2, -0.15) is 0 Å². The highest BCUT2D eigenvalue weighted by Crippen LogP contribution is 2.40. The quantitative estimate of drug-likeness (QED) is 0.766. The summed E-state index contributed by atoms with van der Waals surface area (Å²) in [6.07, 6.45) is 4.21. The number of imide groups is 1. The zero-order chi connectivity index (χ0) is 19.2. The average Bonchev–Trinajstić information content (AvgIpc) is 3.19. The Labute approximate surface area is 162 Å². The summed E-state index contributed by atoms with van der Waals surface area (Å²) in [4.78, 5) is 32.8. The van der Waals surface area contributed by atoms with Crippen molar-refractivity contribution in [2.24, 2.45) is 0 Å². The van der Waals surface area contributed by atoms with Crippen molar-refractivity contribution in [3.8, 4) is 0 Å². The summed E-state index contributed by atoms with van der Waals surface area (Å²) in [5, 5.41) is 0. The minimum absolute atomic E-state index is 0.0246. The van der Waals surface area contributed by atoms with Crippen LogP contribution in [0.2, 0.25) is 0 Å². The number of hydrogen-bond acceptors (Lipinski definition) is 3. The van der Waals surface area contributed by atoms with Crippen molar-refractivity contribution in [1.82, 2.24) is 14.7 Å². The molecule has 4 rings (SSSR count). The molecule has 27 heavy (non-hydrogen) atoms. The fraction of sp³-hybridized carbons (Fsp3) is 0.636. The van der Waals surface area contributed by atoms with Crippen molar-refractivity contribution in [2.45, 2.75) is 70.5 Å². The molecule has 1 atom stereocenters. The molecule has 2 aliphatic heterocycles. The number of hydrogen-bond donors (Lipinski definition) is 0. The van der Waals surface area contributed by atoms with E-state index in [9.17, 15) is 9.59 Å². The first-order valence-electron chi connectivity index (χ1n) is 10.5. The van der Waals surface area contributed by atoms with Crippen LogP contribution in [0.3, 0.4) is 0 Å². The number of likely N-dealkylation sites (tertiary alicyclic amines) is 1. The first-order chi connectivity index (χ1) is 13.0. The predicted octanol–water partition coefficient (Wildman–Crippen LogP) is 3.07. The molecule has 146 valence electrons. The van der Waals surface area contributed by atoms with E-state index in [2.05, 4.69) is 30.9 Å². The highest BCUT2D eigenvalue weighted by molar-refractivity contribution is 6.07. The minimum Gasteiger partial charge on any atom is -0.310 e. The lowest BCUT2D eigenvalue weighted by atomic mass is 9.85. The summed E-state index contributed by atoms with van der Waals surface area (Å²) in [5.41, 5.74) is 1.93. The monoisotopic (exact) mass is 369 g/mol. The smallest absolute Gasteiger partial charge is 0.310 e. The topological polar surface area (TPSA) is 43.9 Å². The molecular formula is C22H31N3O2. The van der Waals surface area contributed by atoms with E-state index in [-0.39, 0.29) is 18.0 Å². The summed E-state index contributed by atoms with van der Waals surface area (Å²) < 4.78 is 0. The second-order valence-corrected chi connectivity index (χ2v) is 8.36. The Morgan fingerprint density at radius 3 is 2.19 bits per heavy atom. The number of piperidine rings is 1. The Hall–Kier alpha value is -1.88. The van der Waals surface area contributed by atoms with Crippen molar-refractivity contribution in [2.75, 3.05) is 19.6 Å². The van der Waals surface area contributed by atoms with Gasteiger partial charge in [-0.1, -0.05) is 31.2 Å². The van der Waals surface area contributed by atoms with Crippen LogP contribution in [0.15, 0.2) is 24.3 Å². The Morgan fingerprint density at radius 1 is 1.07 bits per heavy atom. The number of likely N-dealkylation sites (N-methyl/N-ethyl adjacent to an activating group) is 1. The molecule has 1 aromatic rings. The number of carbonyl (C=O) groups is 2. The third-order valence-electron chi connectivity index (χ3n) is 7.12. The van der Waals surface area contributed by atoms with Crippen LogP contribution in [-0.4, -0.2) is 63.9 Å². The molecule has 1 aliphatic carbocycles. The van der Waals surface area contributed by atoms with Gasteiger partial charge in [-0.15, -0.1) is 0 Å². The number of benzene rings is 1. The Kier molecular flexibility index (Phi) is 4.75. The van der Waals surface area contributed by atoms with Crippen LogP contribution >= 0.6 is 0 Å². The van der Waals surface area contributed by atoms with Gasteiger partial charge in [-0.05, 0) is 57.1 Å². The third kappa shape index (κ3) is 2.78. The molecule has 2 fully saturated rings. The fourth-order valence-corrected chi connectivity index (χ4v) is 5.29. The maximum Gasteiger partial charge on any atom is 0.327 e. The molecule has 5 nitrogen and oxygen atoms in total. The van der Waals surface area contributed by atoms with E-state index in [1.54, 1.807) is 4.90 Å². The van der Waals surface area contributed by atoms with E-state index < -0.39 is 5.54 Å². The largest absolute Gasteiger partial charge is 0.327 e. The molecule has 1 spiro atoms. The van der Waals surface area contributed by atoms with Gasteiger partial charge >= 0.3 is 6.03 Å². The third-order valence-corrected chi connectivity index (χ3v) is 7.12. The van der Waals surface area contributed by atoms with Gasteiger partial charge in [0.1, 0.15) is 5.54 Å². The fourth-order valence-electron chi connectivity index (χ4n) is 5.29. The minimum atomic E-state index is -0.620. The van der Waals surface area contributed by atoms with Gasteiger partial charge in [-0.3, -0.25) is 9.69 Å². The molecule has 0 bridgehead atoms. The van der Waals surface area contributed by atoms with E-state index >= 15 is 0 Å². The first kappa shape index (κ1) is 18.5. The summed E-state index contributed by atoms with van der Waals surface area (Å²) in [5.74, 6) is 0.0518. The van der Waals surface area contributed by atoms with Crippen LogP contribution in [-0.2, 0) is 17.6 Å². The molecule has 0 aromatic heterocycles. The average molecular weight is 370 g/mol. The molecule has 2 saturated heterocycles.